The number of aliphatic carboxylic acids is 1. The molecule has 4 heteroatoms. The Labute approximate surface area is 124 Å². The molecule has 1 aromatic carbocycles. The average Bonchev–Trinajstić information content (AvgIpc) is 2.53. The minimum absolute atomic E-state index is 0.0127. The molecule has 2 aliphatic rings. The van der Waals surface area contributed by atoms with Crippen molar-refractivity contribution in [1.82, 2.24) is 4.90 Å². The molecule has 1 aliphatic heterocycles. The van der Waals surface area contributed by atoms with Crippen molar-refractivity contribution < 1.29 is 14.7 Å². The van der Waals surface area contributed by atoms with Gasteiger partial charge in [-0.1, -0.05) is 36.4 Å². The highest BCUT2D eigenvalue weighted by molar-refractivity contribution is 5.86. The van der Waals surface area contributed by atoms with Gasteiger partial charge in [-0.25, -0.2) is 4.79 Å². The highest BCUT2D eigenvalue weighted by Crippen LogP contribution is 2.28. The normalized spacial score (nSPS) is 24.5. The number of rotatable bonds is 2. The summed E-state index contributed by atoms with van der Waals surface area (Å²) < 4.78 is 0. The minimum atomic E-state index is -0.913. The number of fused-ring (bicyclic) bond motifs is 1. The molecule has 0 fully saturated rings. The second-order valence-electron chi connectivity index (χ2n) is 5.77. The van der Waals surface area contributed by atoms with E-state index in [0.717, 1.165) is 30.4 Å². The molecule has 0 unspecified atom stereocenters. The van der Waals surface area contributed by atoms with Crippen molar-refractivity contribution in [1.29, 1.82) is 0 Å². The monoisotopic (exact) mass is 285 g/mol. The number of carboxylic acids is 1. The molecule has 0 spiro atoms. The first-order valence-electron chi connectivity index (χ1n) is 7.42. The van der Waals surface area contributed by atoms with Crippen molar-refractivity contribution in [3.05, 3.63) is 47.5 Å². The zero-order valence-electron chi connectivity index (χ0n) is 11.9. The summed E-state index contributed by atoms with van der Waals surface area (Å²) in [4.78, 5) is 25.8. The van der Waals surface area contributed by atoms with Crippen LogP contribution in [0.5, 0.6) is 0 Å². The average molecular weight is 285 g/mol. The van der Waals surface area contributed by atoms with Gasteiger partial charge >= 0.3 is 5.97 Å². The second kappa shape index (κ2) is 5.72. The predicted octanol–water partition coefficient (Wildman–Crippen LogP) is 2.38. The third-order valence-corrected chi connectivity index (χ3v) is 4.44. The number of hydrogen-bond acceptors (Lipinski definition) is 2. The van der Waals surface area contributed by atoms with Crippen LogP contribution < -0.4 is 0 Å². The largest absolute Gasteiger partial charge is 0.480 e. The third-order valence-electron chi connectivity index (χ3n) is 4.44. The standard InChI is InChI=1S/C17H19NO3/c19-16(12-6-2-1-3-7-12)18-11-14-9-5-4-8-13(14)10-15(18)17(20)21/h1-2,4-5,8-9,12,15H,3,6-7,10-11H2,(H,20,21)/t12-,15+/m1/s1. The SMILES string of the molecule is O=C(O)[C@@H]1Cc2ccccc2CN1C(=O)[C@@H]1CC=CCC1. The number of amides is 1. The van der Waals surface area contributed by atoms with Gasteiger partial charge in [-0.15, -0.1) is 0 Å². The van der Waals surface area contributed by atoms with Gasteiger partial charge in [0.2, 0.25) is 5.91 Å². The molecular weight excluding hydrogens is 266 g/mol. The first kappa shape index (κ1) is 13.9. The Kier molecular flexibility index (Phi) is 3.78. The minimum Gasteiger partial charge on any atom is -0.480 e. The predicted molar refractivity (Wildman–Crippen MR) is 78.6 cm³/mol. The summed E-state index contributed by atoms with van der Waals surface area (Å²) in [5.41, 5.74) is 2.10. The Bertz CT molecular complexity index is 593. The Morgan fingerprint density at radius 3 is 2.57 bits per heavy atom. The van der Waals surface area contributed by atoms with E-state index < -0.39 is 12.0 Å². The Morgan fingerprint density at radius 1 is 1.14 bits per heavy atom. The molecule has 21 heavy (non-hydrogen) atoms. The lowest BCUT2D eigenvalue weighted by Crippen LogP contribution is -2.50. The third kappa shape index (κ3) is 2.71. The number of benzene rings is 1. The van der Waals surface area contributed by atoms with Crippen LogP contribution >= 0.6 is 0 Å². The first-order chi connectivity index (χ1) is 10.2. The summed E-state index contributed by atoms with van der Waals surface area (Å²) in [7, 11) is 0. The molecule has 1 aromatic rings. The van der Waals surface area contributed by atoms with E-state index in [1.807, 2.05) is 30.3 Å². The molecule has 0 saturated carbocycles. The van der Waals surface area contributed by atoms with Crippen LogP contribution in [0.2, 0.25) is 0 Å². The molecule has 4 nitrogen and oxygen atoms in total. The van der Waals surface area contributed by atoms with E-state index in [9.17, 15) is 14.7 Å². The van der Waals surface area contributed by atoms with Crippen LogP contribution in [0.3, 0.4) is 0 Å². The van der Waals surface area contributed by atoms with Gasteiger partial charge < -0.3 is 10.0 Å². The maximum atomic E-state index is 12.7. The number of carboxylic acid groups (broad SMARTS) is 1. The van der Waals surface area contributed by atoms with E-state index in [0.29, 0.717) is 13.0 Å². The number of allylic oxidation sites excluding steroid dienone is 2. The van der Waals surface area contributed by atoms with Crippen molar-refractivity contribution in [3.63, 3.8) is 0 Å². The van der Waals surface area contributed by atoms with Crippen LogP contribution in [-0.2, 0) is 22.6 Å². The molecule has 0 aromatic heterocycles. The summed E-state index contributed by atoms with van der Waals surface area (Å²) in [6.07, 6.45) is 6.96. The van der Waals surface area contributed by atoms with Crippen molar-refractivity contribution in [2.75, 3.05) is 0 Å². The molecule has 1 aliphatic carbocycles. The Balaban J connectivity index is 1.87. The van der Waals surface area contributed by atoms with Crippen LogP contribution in [0.15, 0.2) is 36.4 Å². The molecule has 3 rings (SSSR count). The number of nitrogens with zero attached hydrogens (tertiary/aromatic N) is 1. The molecule has 1 amide bonds. The summed E-state index contributed by atoms with van der Waals surface area (Å²) in [5.74, 6) is -0.993. The van der Waals surface area contributed by atoms with Crippen LogP contribution in [0, 0.1) is 5.92 Å². The molecule has 2 atom stereocenters. The fourth-order valence-corrected chi connectivity index (χ4v) is 3.23. The fraction of sp³-hybridized carbons (Fsp3) is 0.412. The fourth-order valence-electron chi connectivity index (χ4n) is 3.23. The highest BCUT2D eigenvalue weighted by atomic mass is 16.4. The summed E-state index contributed by atoms with van der Waals surface area (Å²) in [6, 6.07) is 7.05. The summed E-state index contributed by atoms with van der Waals surface area (Å²) in [6.45, 7) is 0.409. The smallest absolute Gasteiger partial charge is 0.326 e. The van der Waals surface area contributed by atoms with Gasteiger partial charge in [0.15, 0.2) is 0 Å². The van der Waals surface area contributed by atoms with E-state index in [2.05, 4.69) is 6.08 Å². The quantitative estimate of drug-likeness (QED) is 0.849. The molecular formula is C17H19NO3. The topological polar surface area (TPSA) is 57.6 Å². The molecule has 1 heterocycles. The van der Waals surface area contributed by atoms with Crippen LogP contribution in [0.4, 0.5) is 0 Å². The number of carbonyl (C=O) groups excluding carboxylic acids is 1. The van der Waals surface area contributed by atoms with Crippen LogP contribution in [0.25, 0.3) is 0 Å². The molecule has 0 saturated heterocycles. The lowest BCUT2D eigenvalue weighted by Gasteiger charge is -2.36. The van der Waals surface area contributed by atoms with Gasteiger partial charge in [0.05, 0.1) is 0 Å². The Hall–Kier alpha value is -2.10. The lowest BCUT2D eigenvalue weighted by molar-refractivity contribution is -0.153. The van der Waals surface area contributed by atoms with Gasteiger partial charge in [-0.2, -0.15) is 0 Å². The number of carbonyl (C=O) groups is 2. The van der Waals surface area contributed by atoms with Gasteiger partial charge in [-0.05, 0) is 30.4 Å². The summed E-state index contributed by atoms with van der Waals surface area (Å²) in [5, 5.41) is 9.47. The molecule has 1 N–H and O–H groups in total. The maximum Gasteiger partial charge on any atom is 0.326 e. The summed E-state index contributed by atoms with van der Waals surface area (Å²) >= 11 is 0. The second-order valence-corrected chi connectivity index (χ2v) is 5.77. The van der Waals surface area contributed by atoms with Gasteiger partial charge in [0, 0.05) is 18.9 Å². The highest BCUT2D eigenvalue weighted by Gasteiger charge is 2.37. The first-order valence-corrected chi connectivity index (χ1v) is 7.42. The van der Waals surface area contributed by atoms with E-state index >= 15 is 0 Å². The Morgan fingerprint density at radius 2 is 1.90 bits per heavy atom. The zero-order valence-corrected chi connectivity index (χ0v) is 11.9. The van der Waals surface area contributed by atoms with Gasteiger partial charge in [0.25, 0.3) is 0 Å². The van der Waals surface area contributed by atoms with E-state index in [1.54, 1.807) is 4.90 Å². The van der Waals surface area contributed by atoms with Crippen LogP contribution in [-0.4, -0.2) is 27.9 Å². The van der Waals surface area contributed by atoms with E-state index in [1.165, 1.54) is 0 Å². The zero-order chi connectivity index (χ0) is 14.8. The van der Waals surface area contributed by atoms with Crippen molar-refractivity contribution in [2.45, 2.75) is 38.3 Å². The van der Waals surface area contributed by atoms with E-state index in [-0.39, 0.29) is 11.8 Å². The number of hydrogen-bond donors (Lipinski definition) is 1. The molecule has 0 radical (unpaired) electrons. The van der Waals surface area contributed by atoms with E-state index in [4.69, 9.17) is 0 Å². The van der Waals surface area contributed by atoms with Crippen molar-refractivity contribution >= 4 is 11.9 Å². The molecule has 0 bridgehead atoms. The van der Waals surface area contributed by atoms with Crippen molar-refractivity contribution in [3.8, 4) is 0 Å². The van der Waals surface area contributed by atoms with Crippen molar-refractivity contribution in [2.24, 2.45) is 5.92 Å². The van der Waals surface area contributed by atoms with Crippen LogP contribution in [0.1, 0.15) is 30.4 Å². The van der Waals surface area contributed by atoms with Gasteiger partial charge in [-0.3, -0.25) is 4.79 Å². The molecule has 110 valence electrons. The maximum absolute atomic E-state index is 12.7. The lowest BCUT2D eigenvalue weighted by atomic mass is 9.89. The van der Waals surface area contributed by atoms with Gasteiger partial charge in [0.1, 0.15) is 6.04 Å².